The topological polar surface area (TPSA) is 72.8 Å². The van der Waals surface area contributed by atoms with Crippen LogP contribution < -0.4 is 0 Å². The van der Waals surface area contributed by atoms with Gasteiger partial charge in [-0.15, -0.1) is 0 Å². The standard InChI is InChI=1S/C12H18O5/c1-10(14)17-11(7-5-9-13)6-3-4-8-12(15)16-2/h3-4,6,13H,5,7-9H2,1-2H3/b4-3-,11-6+. The van der Waals surface area contributed by atoms with Crippen LogP contribution >= 0.6 is 0 Å². The van der Waals surface area contributed by atoms with Crippen LogP contribution in [-0.4, -0.2) is 30.8 Å². The predicted octanol–water partition coefficient (Wildman–Crippen LogP) is 1.33. The van der Waals surface area contributed by atoms with Gasteiger partial charge in [-0.3, -0.25) is 9.59 Å². The Labute approximate surface area is 101 Å². The van der Waals surface area contributed by atoms with E-state index < -0.39 is 5.97 Å². The van der Waals surface area contributed by atoms with Gasteiger partial charge < -0.3 is 14.6 Å². The smallest absolute Gasteiger partial charge is 0.309 e. The Balaban J connectivity index is 4.25. The lowest BCUT2D eigenvalue weighted by molar-refractivity contribution is -0.139. The summed E-state index contributed by atoms with van der Waals surface area (Å²) in [5, 5.41) is 8.68. The van der Waals surface area contributed by atoms with Gasteiger partial charge in [0.2, 0.25) is 0 Å². The van der Waals surface area contributed by atoms with Crippen molar-refractivity contribution < 1.29 is 24.2 Å². The van der Waals surface area contributed by atoms with Crippen LogP contribution in [0.3, 0.4) is 0 Å². The Morgan fingerprint density at radius 2 is 2.06 bits per heavy atom. The molecule has 1 N–H and O–H groups in total. The number of carbonyl (C=O) groups excluding carboxylic acids is 2. The summed E-state index contributed by atoms with van der Waals surface area (Å²) in [5.74, 6) is -0.276. The molecule has 0 aliphatic carbocycles. The third-order valence-corrected chi connectivity index (χ3v) is 1.79. The van der Waals surface area contributed by atoms with Gasteiger partial charge in [-0.2, -0.15) is 0 Å². The van der Waals surface area contributed by atoms with Crippen LogP contribution in [0.2, 0.25) is 0 Å². The minimum atomic E-state index is -0.407. The quantitative estimate of drug-likeness (QED) is 0.414. The van der Waals surface area contributed by atoms with Gasteiger partial charge in [-0.1, -0.05) is 12.2 Å². The van der Waals surface area contributed by atoms with Gasteiger partial charge in [0.15, 0.2) is 0 Å². The van der Waals surface area contributed by atoms with Crippen molar-refractivity contribution in [1.29, 1.82) is 0 Å². The second-order valence-electron chi connectivity index (χ2n) is 3.26. The van der Waals surface area contributed by atoms with E-state index in [2.05, 4.69) is 4.74 Å². The molecule has 0 bridgehead atoms. The fourth-order valence-corrected chi connectivity index (χ4v) is 1.03. The number of hydrogen-bond acceptors (Lipinski definition) is 5. The van der Waals surface area contributed by atoms with Crippen molar-refractivity contribution in [2.24, 2.45) is 0 Å². The number of esters is 2. The highest BCUT2D eigenvalue weighted by molar-refractivity contribution is 5.71. The molecular formula is C12H18O5. The van der Waals surface area contributed by atoms with Gasteiger partial charge in [-0.05, 0) is 12.5 Å². The van der Waals surface area contributed by atoms with E-state index in [1.165, 1.54) is 14.0 Å². The van der Waals surface area contributed by atoms with Gasteiger partial charge in [0.1, 0.15) is 5.76 Å². The van der Waals surface area contributed by atoms with E-state index >= 15 is 0 Å². The monoisotopic (exact) mass is 242 g/mol. The number of methoxy groups -OCH3 is 1. The second-order valence-corrected chi connectivity index (χ2v) is 3.26. The minimum Gasteiger partial charge on any atom is -0.469 e. The molecule has 0 fully saturated rings. The van der Waals surface area contributed by atoms with Gasteiger partial charge >= 0.3 is 11.9 Å². The van der Waals surface area contributed by atoms with E-state index in [4.69, 9.17) is 9.84 Å². The van der Waals surface area contributed by atoms with Gasteiger partial charge in [0.05, 0.1) is 13.5 Å². The largest absolute Gasteiger partial charge is 0.469 e. The summed E-state index contributed by atoms with van der Waals surface area (Å²) in [4.78, 5) is 21.6. The summed E-state index contributed by atoms with van der Waals surface area (Å²) in [6.07, 6.45) is 5.98. The molecule has 0 atom stereocenters. The van der Waals surface area contributed by atoms with E-state index in [1.807, 2.05) is 0 Å². The zero-order chi connectivity index (χ0) is 13.1. The highest BCUT2D eigenvalue weighted by Gasteiger charge is 2.00. The zero-order valence-electron chi connectivity index (χ0n) is 10.1. The minimum absolute atomic E-state index is 0.0322. The maximum Gasteiger partial charge on any atom is 0.309 e. The first-order valence-corrected chi connectivity index (χ1v) is 5.32. The SMILES string of the molecule is COC(=O)C/C=C\C=C(/CCCO)OC(C)=O. The lowest BCUT2D eigenvalue weighted by Crippen LogP contribution is -2.00. The number of ether oxygens (including phenoxy) is 2. The third kappa shape index (κ3) is 9.32. The molecule has 0 aromatic heterocycles. The Bertz CT molecular complexity index is 304. The van der Waals surface area contributed by atoms with Crippen LogP contribution in [0.25, 0.3) is 0 Å². The molecule has 0 amide bonds. The summed E-state index contributed by atoms with van der Waals surface area (Å²) in [7, 11) is 1.32. The summed E-state index contributed by atoms with van der Waals surface area (Å²) >= 11 is 0. The van der Waals surface area contributed by atoms with E-state index in [9.17, 15) is 9.59 Å². The molecule has 5 nitrogen and oxygen atoms in total. The highest BCUT2D eigenvalue weighted by atomic mass is 16.5. The molecule has 0 heterocycles. The van der Waals surface area contributed by atoms with Crippen LogP contribution in [0.4, 0.5) is 0 Å². The molecule has 96 valence electrons. The van der Waals surface area contributed by atoms with E-state index in [0.717, 1.165) is 0 Å². The number of carbonyl (C=O) groups is 2. The Hall–Kier alpha value is -1.62. The Kier molecular flexibility index (Phi) is 8.68. The van der Waals surface area contributed by atoms with Crippen molar-refractivity contribution >= 4 is 11.9 Å². The number of allylic oxidation sites excluding steroid dienone is 3. The molecular weight excluding hydrogens is 224 g/mol. The molecule has 0 aliphatic heterocycles. The summed E-state index contributed by atoms with van der Waals surface area (Å²) in [6.45, 7) is 1.34. The lowest BCUT2D eigenvalue weighted by atomic mass is 10.2. The number of hydrogen-bond donors (Lipinski definition) is 1. The van der Waals surface area contributed by atoms with Crippen molar-refractivity contribution in [3.05, 3.63) is 24.0 Å². The maximum absolute atomic E-state index is 10.8. The molecule has 0 spiro atoms. The van der Waals surface area contributed by atoms with Crippen molar-refractivity contribution in [2.45, 2.75) is 26.2 Å². The van der Waals surface area contributed by atoms with Gasteiger partial charge in [-0.25, -0.2) is 0 Å². The summed E-state index contributed by atoms with van der Waals surface area (Å²) in [5.41, 5.74) is 0. The summed E-state index contributed by atoms with van der Waals surface area (Å²) < 4.78 is 9.39. The van der Waals surface area contributed by atoms with Crippen LogP contribution in [0, 0.1) is 0 Å². The second kappa shape index (κ2) is 9.59. The summed E-state index contributed by atoms with van der Waals surface area (Å²) in [6, 6.07) is 0. The fourth-order valence-electron chi connectivity index (χ4n) is 1.03. The predicted molar refractivity (Wildman–Crippen MR) is 61.9 cm³/mol. The first kappa shape index (κ1) is 15.4. The van der Waals surface area contributed by atoms with Crippen molar-refractivity contribution in [3.8, 4) is 0 Å². The molecule has 17 heavy (non-hydrogen) atoms. The van der Waals surface area contributed by atoms with Crippen LogP contribution in [0.15, 0.2) is 24.0 Å². The van der Waals surface area contributed by atoms with Crippen LogP contribution in [0.5, 0.6) is 0 Å². The normalized spacial score (nSPS) is 11.6. The molecule has 0 rings (SSSR count). The van der Waals surface area contributed by atoms with Crippen molar-refractivity contribution in [1.82, 2.24) is 0 Å². The molecule has 5 heteroatoms. The Morgan fingerprint density at radius 1 is 1.35 bits per heavy atom. The van der Waals surface area contributed by atoms with Crippen LogP contribution in [-0.2, 0) is 19.1 Å². The van der Waals surface area contributed by atoms with Crippen molar-refractivity contribution in [2.75, 3.05) is 13.7 Å². The molecule has 0 saturated heterocycles. The van der Waals surface area contributed by atoms with E-state index in [1.54, 1.807) is 18.2 Å². The number of rotatable bonds is 7. The molecule has 0 aromatic rings. The van der Waals surface area contributed by atoms with Crippen LogP contribution in [0.1, 0.15) is 26.2 Å². The van der Waals surface area contributed by atoms with E-state index in [0.29, 0.717) is 18.6 Å². The average molecular weight is 242 g/mol. The fraction of sp³-hybridized carbons (Fsp3) is 0.500. The molecule has 0 unspecified atom stereocenters. The molecule has 0 radical (unpaired) electrons. The molecule has 0 aliphatic rings. The maximum atomic E-state index is 10.8. The average Bonchev–Trinajstić information content (AvgIpc) is 2.30. The Morgan fingerprint density at radius 3 is 2.59 bits per heavy atom. The first-order valence-electron chi connectivity index (χ1n) is 5.32. The first-order chi connectivity index (χ1) is 8.10. The number of aliphatic hydroxyl groups is 1. The zero-order valence-corrected chi connectivity index (χ0v) is 10.1. The third-order valence-electron chi connectivity index (χ3n) is 1.79. The molecule has 0 aromatic carbocycles. The van der Waals surface area contributed by atoms with Gasteiger partial charge in [0.25, 0.3) is 0 Å². The van der Waals surface area contributed by atoms with Crippen molar-refractivity contribution in [3.63, 3.8) is 0 Å². The highest BCUT2D eigenvalue weighted by Crippen LogP contribution is 2.07. The lowest BCUT2D eigenvalue weighted by Gasteiger charge is -2.04. The van der Waals surface area contributed by atoms with E-state index in [-0.39, 0.29) is 19.0 Å². The van der Waals surface area contributed by atoms with Gasteiger partial charge in [0, 0.05) is 20.0 Å². The number of aliphatic hydroxyl groups excluding tert-OH is 1. The molecule has 0 saturated carbocycles.